The van der Waals surface area contributed by atoms with Crippen molar-refractivity contribution in [3.8, 4) is 0 Å². The van der Waals surface area contributed by atoms with E-state index in [2.05, 4.69) is 9.44 Å². The third-order valence-corrected chi connectivity index (χ3v) is 3.50. The second-order valence-electron chi connectivity index (χ2n) is 3.62. The number of hydrogen-bond acceptors (Lipinski definition) is 4. The second kappa shape index (κ2) is 4.83. The van der Waals surface area contributed by atoms with Crippen molar-refractivity contribution in [2.75, 3.05) is 29.8 Å². The number of ether oxygens (including phenoxy) is 1. The van der Waals surface area contributed by atoms with E-state index in [4.69, 9.17) is 4.74 Å². The number of carbonyl (C=O) groups is 1. The van der Waals surface area contributed by atoms with Gasteiger partial charge in [0, 0.05) is 18.4 Å². The van der Waals surface area contributed by atoms with Gasteiger partial charge in [0.05, 0.1) is 6.54 Å². The molecule has 0 atom stereocenters. The topological polar surface area (TPSA) is 87.7 Å². The van der Waals surface area contributed by atoms with Gasteiger partial charge in [-0.3, -0.25) is 9.62 Å². The van der Waals surface area contributed by atoms with Crippen LogP contribution in [0.4, 0.5) is 16.2 Å². The highest BCUT2D eigenvalue weighted by atomic mass is 32.2. The first-order valence-corrected chi connectivity index (χ1v) is 6.76. The Morgan fingerprint density at radius 2 is 1.94 bits per heavy atom. The molecule has 1 aromatic carbocycles. The molecule has 0 aliphatic carbocycles. The molecule has 0 radical (unpaired) electrons. The second-order valence-corrected chi connectivity index (χ2v) is 5.24. The summed E-state index contributed by atoms with van der Waals surface area (Å²) in [5.41, 5.74) is 1.09. The zero-order chi connectivity index (χ0) is 13.2. The Morgan fingerprint density at radius 3 is 2.44 bits per heavy atom. The molecule has 18 heavy (non-hydrogen) atoms. The zero-order valence-electron chi connectivity index (χ0n) is 9.71. The molecule has 1 amide bonds. The van der Waals surface area contributed by atoms with Gasteiger partial charge >= 0.3 is 6.09 Å². The van der Waals surface area contributed by atoms with Crippen molar-refractivity contribution in [3.05, 3.63) is 24.3 Å². The molecule has 8 heteroatoms. The van der Waals surface area contributed by atoms with Gasteiger partial charge < -0.3 is 4.74 Å². The molecule has 2 N–H and O–H groups in total. The SMILES string of the molecule is CNS(=O)(=O)Nc1ccc(N2CCOC2=O)cc1. The monoisotopic (exact) mass is 271 g/mol. The molecule has 0 saturated carbocycles. The Kier molecular flexibility index (Phi) is 3.39. The Balaban J connectivity index is 2.13. The van der Waals surface area contributed by atoms with Crippen molar-refractivity contribution in [1.82, 2.24) is 4.72 Å². The summed E-state index contributed by atoms with van der Waals surface area (Å²) in [5, 5.41) is 0. The zero-order valence-corrected chi connectivity index (χ0v) is 10.5. The highest BCUT2D eigenvalue weighted by Crippen LogP contribution is 2.21. The summed E-state index contributed by atoms with van der Waals surface area (Å²) in [6.07, 6.45) is -0.390. The number of benzene rings is 1. The summed E-state index contributed by atoms with van der Waals surface area (Å²) in [7, 11) is -2.20. The minimum atomic E-state index is -3.52. The quantitative estimate of drug-likeness (QED) is 0.835. The van der Waals surface area contributed by atoms with Crippen LogP contribution in [-0.4, -0.2) is 34.7 Å². The maximum atomic E-state index is 11.3. The van der Waals surface area contributed by atoms with E-state index >= 15 is 0 Å². The Hall–Kier alpha value is -1.80. The van der Waals surface area contributed by atoms with Crippen LogP contribution in [0.1, 0.15) is 0 Å². The van der Waals surface area contributed by atoms with E-state index in [1.807, 2.05) is 0 Å². The summed E-state index contributed by atoms with van der Waals surface area (Å²) in [6, 6.07) is 6.46. The first-order valence-electron chi connectivity index (χ1n) is 5.27. The van der Waals surface area contributed by atoms with Crippen LogP contribution in [0.5, 0.6) is 0 Å². The minimum Gasteiger partial charge on any atom is -0.447 e. The molecule has 1 fully saturated rings. The van der Waals surface area contributed by atoms with Crippen molar-refractivity contribution in [2.45, 2.75) is 0 Å². The molecular formula is C10H13N3O4S. The molecule has 1 aliphatic heterocycles. The number of hydrogen-bond donors (Lipinski definition) is 2. The summed E-state index contributed by atoms with van der Waals surface area (Å²) in [6.45, 7) is 0.868. The summed E-state index contributed by atoms with van der Waals surface area (Å²) in [5.74, 6) is 0. The van der Waals surface area contributed by atoms with E-state index in [1.54, 1.807) is 24.3 Å². The van der Waals surface area contributed by atoms with Gasteiger partial charge in [-0.1, -0.05) is 0 Å². The number of rotatable bonds is 4. The van der Waals surface area contributed by atoms with Gasteiger partial charge in [-0.25, -0.2) is 9.52 Å². The van der Waals surface area contributed by atoms with Crippen molar-refractivity contribution < 1.29 is 17.9 Å². The number of carbonyl (C=O) groups excluding carboxylic acids is 1. The third kappa shape index (κ3) is 2.71. The van der Waals surface area contributed by atoms with Crippen LogP contribution in [0, 0.1) is 0 Å². The Bertz CT molecular complexity index is 541. The molecule has 1 aliphatic rings. The fourth-order valence-corrected chi connectivity index (χ4v) is 2.09. The van der Waals surface area contributed by atoms with Gasteiger partial charge in [0.25, 0.3) is 10.2 Å². The van der Waals surface area contributed by atoms with E-state index in [0.717, 1.165) is 0 Å². The van der Waals surface area contributed by atoms with Crippen LogP contribution in [0.3, 0.4) is 0 Å². The van der Waals surface area contributed by atoms with E-state index < -0.39 is 16.3 Å². The molecule has 7 nitrogen and oxygen atoms in total. The molecule has 0 aromatic heterocycles. The highest BCUT2D eigenvalue weighted by molar-refractivity contribution is 7.90. The average Bonchev–Trinajstić information content (AvgIpc) is 2.76. The van der Waals surface area contributed by atoms with Gasteiger partial charge in [-0.05, 0) is 24.3 Å². The predicted molar refractivity (Wildman–Crippen MR) is 66.7 cm³/mol. The Labute approximate surface area is 105 Å². The predicted octanol–water partition coefficient (Wildman–Crippen LogP) is 0.519. The number of nitrogens with zero attached hydrogens (tertiary/aromatic N) is 1. The molecule has 98 valence electrons. The van der Waals surface area contributed by atoms with Crippen molar-refractivity contribution >= 4 is 27.7 Å². The molecular weight excluding hydrogens is 258 g/mol. The van der Waals surface area contributed by atoms with Crippen LogP contribution in [-0.2, 0) is 14.9 Å². The summed E-state index contributed by atoms with van der Waals surface area (Å²) < 4.78 is 31.8. The van der Waals surface area contributed by atoms with Gasteiger partial charge in [0.15, 0.2) is 0 Å². The van der Waals surface area contributed by atoms with Gasteiger partial charge in [0.1, 0.15) is 6.61 Å². The molecule has 0 spiro atoms. The third-order valence-electron chi connectivity index (χ3n) is 2.46. The Morgan fingerprint density at radius 1 is 1.28 bits per heavy atom. The lowest BCUT2D eigenvalue weighted by molar-refractivity contribution is 0.181. The van der Waals surface area contributed by atoms with Gasteiger partial charge in [-0.2, -0.15) is 8.42 Å². The van der Waals surface area contributed by atoms with Gasteiger partial charge in [-0.15, -0.1) is 0 Å². The molecule has 1 aromatic rings. The van der Waals surface area contributed by atoms with Crippen molar-refractivity contribution in [3.63, 3.8) is 0 Å². The van der Waals surface area contributed by atoms with E-state index in [0.29, 0.717) is 24.5 Å². The van der Waals surface area contributed by atoms with Crippen molar-refractivity contribution in [2.24, 2.45) is 0 Å². The van der Waals surface area contributed by atoms with Crippen LogP contribution in [0.2, 0.25) is 0 Å². The molecule has 2 rings (SSSR count). The fraction of sp³-hybridized carbons (Fsp3) is 0.300. The lowest BCUT2D eigenvalue weighted by atomic mass is 10.2. The molecule has 0 bridgehead atoms. The van der Waals surface area contributed by atoms with Crippen LogP contribution in [0.25, 0.3) is 0 Å². The maximum absolute atomic E-state index is 11.3. The molecule has 1 heterocycles. The first-order chi connectivity index (χ1) is 8.52. The summed E-state index contributed by atoms with van der Waals surface area (Å²) >= 11 is 0. The number of amides is 1. The van der Waals surface area contributed by atoms with E-state index in [-0.39, 0.29) is 0 Å². The van der Waals surface area contributed by atoms with Gasteiger partial charge in [0.2, 0.25) is 0 Å². The molecule has 1 saturated heterocycles. The van der Waals surface area contributed by atoms with E-state index in [1.165, 1.54) is 11.9 Å². The van der Waals surface area contributed by atoms with E-state index in [9.17, 15) is 13.2 Å². The lowest BCUT2D eigenvalue weighted by Crippen LogP contribution is -2.26. The number of cyclic esters (lactones) is 1. The summed E-state index contributed by atoms with van der Waals surface area (Å²) in [4.78, 5) is 12.8. The largest absolute Gasteiger partial charge is 0.447 e. The standard InChI is InChI=1S/C10H13N3O4S/c1-11-18(15,16)12-8-2-4-9(5-3-8)13-6-7-17-10(13)14/h2-5,11-12H,6-7H2,1H3. The molecule has 0 unspecified atom stereocenters. The minimum absolute atomic E-state index is 0.368. The highest BCUT2D eigenvalue weighted by Gasteiger charge is 2.23. The normalized spacial score (nSPS) is 15.6. The number of nitrogens with one attached hydrogen (secondary N) is 2. The van der Waals surface area contributed by atoms with Crippen LogP contribution in [0.15, 0.2) is 24.3 Å². The smallest absolute Gasteiger partial charge is 0.414 e. The number of anilines is 2. The maximum Gasteiger partial charge on any atom is 0.414 e. The first kappa shape index (κ1) is 12.7. The van der Waals surface area contributed by atoms with Crippen LogP contribution < -0.4 is 14.3 Å². The van der Waals surface area contributed by atoms with Crippen LogP contribution >= 0.6 is 0 Å². The lowest BCUT2D eigenvalue weighted by Gasteiger charge is -2.13. The fourth-order valence-electron chi connectivity index (χ4n) is 1.54. The average molecular weight is 271 g/mol. The van der Waals surface area contributed by atoms with Crippen molar-refractivity contribution in [1.29, 1.82) is 0 Å².